The van der Waals surface area contributed by atoms with E-state index < -0.39 is 0 Å². The lowest BCUT2D eigenvalue weighted by atomic mass is 9.90. The minimum Gasteiger partial charge on any atom is -0.465 e. The maximum absolute atomic E-state index is 13.5. The van der Waals surface area contributed by atoms with Crippen LogP contribution in [0.15, 0.2) is 24.8 Å². The fourth-order valence-electron chi connectivity index (χ4n) is 18.1. The molecule has 4 aromatic rings. The van der Waals surface area contributed by atoms with Crippen molar-refractivity contribution in [3.05, 3.63) is 47.6 Å². The molecule has 126 heavy (non-hydrogen) atoms. The van der Waals surface area contributed by atoms with Crippen molar-refractivity contribution in [3.63, 3.8) is 0 Å². The average molecular weight is 1770 g/mol. The largest absolute Gasteiger partial charge is 0.465 e. The van der Waals surface area contributed by atoms with Gasteiger partial charge >= 0.3 is 23.9 Å². The molecule has 0 N–H and O–H groups in total. The molecule has 0 atom stereocenters. The van der Waals surface area contributed by atoms with Crippen LogP contribution in [0.2, 0.25) is 0 Å². The Labute approximate surface area is 769 Å². The van der Waals surface area contributed by atoms with E-state index in [1.54, 1.807) is 0 Å². The van der Waals surface area contributed by atoms with Gasteiger partial charge in [0.2, 0.25) is 0 Å². The Balaban J connectivity index is 1.31. The molecule has 0 spiro atoms. The van der Waals surface area contributed by atoms with Gasteiger partial charge in [0.1, 0.15) is 0 Å². The molecule has 22 nitrogen and oxygen atoms in total. The zero-order chi connectivity index (χ0) is 90.3. The van der Waals surface area contributed by atoms with Crippen molar-refractivity contribution in [2.75, 3.05) is 65.7 Å². The summed E-state index contributed by atoms with van der Waals surface area (Å²) in [6, 6.07) is 0. The Kier molecular flexibility index (Phi) is 71.8. The number of esters is 4. The first-order chi connectivity index (χ1) is 61.9. The molecule has 0 saturated heterocycles. The summed E-state index contributed by atoms with van der Waals surface area (Å²) in [5.74, 6) is 2.34. The Morgan fingerprint density at radius 1 is 0.238 bits per heavy atom. The van der Waals surface area contributed by atoms with E-state index in [0.717, 1.165) is 111 Å². The number of ether oxygens (including phenoxy) is 4. The van der Waals surface area contributed by atoms with E-state index in [9.17, 15) is 19.2 Å². The lowest BCUT2D eigenvalue weighted by Crippen LogP contribution is -2.33. The number of aromatic nitrogens is 12. The quantitative estimate of drug-likeness (QED) is 0.0227. The fourth-order valence-corrected chi connectivity index (χ4v) is 18.1. The van der Waals surface area contributed by atoms with Crippen LogP contribution in [-0.4, -0.2) is 159 Å². The standard InChI is InChI=1S/C104H192N14O8/c1-9-17-37-55-93(56-38-18-10-2)63-45-29-25-33-49-77-115-89-97(105-109-115)71-85-123-101(119)67-81-113(82-68-102(120)124-86-72-98-90-116(110-106-98)78-50-34-26-30-46-64-94(57-39-19-11-3)58-40-20-12-4)75-53-54-76-114(83-69-103(121)125-87-73-99-91-117(111-107-99)79-51-35-27-31-47-65-95(59-41-21-13-5)60-42-22-14-6)84-70-104(122)126-88-74-100-92-118(112-108-100)80-52-36-28-32-48-66-96(61-43-23-15-7)62-44-24-16-8/h89-96H,9-88H2,1-8H3. The van der Waals surface area contributed by atoms with Crippen LogP contribution in [0.25, 0.3) is 0 Å². The molecule has 0 amide bonds. The van der Waals surface area contributed by atoms with Gasteiger partial charge in [-0.15, -0.1) is 20.4 Å². The van der Waals surface area contributed by atoms with Crippen molar-refractivity contribution in [2.24, 2.45) is 23.7 Å². The molecule has 22 heteroatoms. The molecule has 0 saturated carbocycles. The van der Waals surface area contributed by atoms with Crippen molar-refractivity contribution in [2.45, 2.75) is 505 Å². The van der Waals surface area contributed by atoms with Gasteiger partial charge in [0.05, 0.1) is 74.9 Å². The van der Waals surface area contributed by atoms with Gasteiger partial charge in [-0.2, -0.15) is 0 Å². The molecule has 0 aromatic carbocycles. The molecule has 726 valence electrons. The summed E-state index contributed by atoms with van der Waals surface area (Å²) in [5.41, 5.74) is 3.21. The topological polar surface area (TPSA) is 235 Å². The smallest absolute Gasteiger partial charge is 0.307 e. The van der Waals surface area contributed by atoms with E-state index in [-0.39, 0.29) is 76.0 Å². The van der Waals surface area contributed by atoms with Crippen LogP contribution in [0.4, 0.5) is 0 Å². The number of unbranched alkanes of at least 4 members (excludes halogenated alkanes) is 33. The van der Waals surface area contributed by atoms with E-state index in [4.69, 9.17) is 18.9 Å². The Morgan fingerprint density at radius 3 is 0.603 bits per heavy atom. The maximum atomic E-state index is 13.5. The van der Waals surface area contributed by atoms with E-state index in [2.05, 4.69) is 106 Å². The molecule has 0 unspecified atom stereocenters. The van der Waals surface area contributed by atoms with Gasteiger partial charge < -0.3 is 28.7 Å². The summed E-state index contributed by atoms with van der Waals surface area (Å²) in [6.07, 6.45) is 85.4. The van der Waals surface area contributed by atoms with Gasteiger partial charge in [0, 0.05) is 103 Å². The highest BCUT2D eigenvalue weighted by Crippen LogP contribution is 2.29. The number of nitrogens with zero attached hydrogens (tertiary/aromatic N) is 14. The van der Waals surface area contributed by atoms with E-state index in [0.29, 0.717) is 65.0 Å². The molecule has 0 radical (unpaired) electrons. The zero-order valence-corrected chi connectivity index (χ0v) is 82.7. The third kappa shape index (κ3) is 62.6. The van der Waals surface area contributed by atoms with Gasteiger partial charge in [-0.05, 0) is 75.3 Å². The second-order valence-electron chi connectivity index (χ2n) is 37.8. The van der Waals surface area contributed by atoms with Crippen molar-refractivity contribution < 1.29 is 38.1 Å². The Bertz CT molecular complexity index is 2700. The minimum atomic E-state index is -0.310. The SMILES string of the molecule is CCCCCC(CCCCC)CCCCCCCn1cc(CCOC(=O)CCN(CCCCN(CCC(=O)OCCc2cn(CCCCCCCC(CCCCC)CCCCC)nn2)CCC(=O)OCCc2cn(CCCCCCCC(CCCCC)CCCCC)nn2)CCC(=O)OCCc2cn(CCCCCCCC(CCCCC)CCCCC)nn2)nn1. The van der Waals surface area contributed by atoms with Gasteiger partial charge in [0.25, 0.3) is 0 Å². The van der Waals surface area contributed by atoms with Crippen LogP contribution < -0.4 is 0 Å². The lowest BCUT2D eigenvalue weighted by Gasteiger charge is -2.24. The number of carbonyl (C=O) groups excluding carboxylic acids is 4. The zero-order valence-electron chi connectivity index (χ0n) is 82.7. The first-order valence-corrected chi connectivity index (χ1v) is 53.5. The average Bonchev–Trinajstić information content (AvgIpc) is 1.78. The maximum Gasteiger partial charge on any atom is 0.307 e. The Morgan fingerprint density at radius 2 is 0.413 bits per heavy atom. The van der Waals surface area contributed by atoms with Crippen molar-refractivity contribution in [1.29, 1.82) is 0 Å². The molecule has 4 rings (SSSR count). The molecular weight excluding hydrogens is 1570 g/mol. The van der Waals surface area contributed by atoms with Crippen molar-refractivity contribution in [3.8, 4) is 0 Å². The van der Waals surface area contributed by atoms with Crippen LogP contribution in [0.5, 0.6) is 0 Å². The number of hydrogen-bond donors (Lipinski definition) is 0. The molecule has 0 aliphatic rings. The highest BCUT2D eigenvalue weighted by Gasteiger charge is 2.20. The van der Waals surface area contributed by atoms with Gasteiger partial charge in [-0.3, -0.25) is 37.9 Å². The predicted octanol–water partition coefficient (Wildman–Crippen LogP) is 25.9. The van der Waals surface area contributed by atoms with Crippen LogP contribution in [-0.2, 0) is 90.0 Å². The molecule has 0 aliphatic carbocycles. The number of rotatable bonds is 93. The predicted molar refractivity (Wildman–Crippen MR) is 517 cm³/mol. The van der Waals surface area contributed by atoms with Gasteiger partial charge in [-0.1, -0.05) is 410 Å². The van der Waals surface area contributed by atoms with Crippen LogP contribution in [0.3, 0.4) is 0 Å². The number of carbonyl (C=O) groups is 4. The van der Waals surface area contributed by atoms with E-state index in [1.165, 1.54) is 334 Å². The molecule has 4 aromatic heterocycles. The first-order valence-electron chi connectivity index (χ1n) is 53.5. The fraction of sp³-hybridized carbons (Fsp3) is 0.885. The van der Waals surface area contributed by atoms with Crippen LogP contribution in [0, 0.1) is 23.7 Å². The summed E-state index contributed by atoms with van der Waals surface area (Å²) in [4.78, 5) is 58.2. The first kappa shape index (κ1) is 113. The Hall–Kier alpha value is -5.64. The molecule has 0 bridgehead atoms. The summed E-state index contributed by atoms with van der Waals surface area (Å²) in [7, 11) is 0. The highest BCUT2D eigenvalue weighted by molar-refractivity contribution is 5.71. The molecule has 0 fully saturated rings. The third-order valence-electron chi connectivity index (χ3n) is 26.3. The van der Waals surface area contributed by atoms with Gasteiger partial charge in [0.15, 0.2) is 0 Å². The third-order valence-corrected chi connectivity index (χ3v) is 26.3. The van der Waals surface area contributed by atoms with Crippen LogP contribution in [0.1, 0.15) is 476 Å². The minimum absolute atomic E-state index is 0.153. The summed E-state index contributed by atoms with van der Waals surface area (Å²) < 4.78 is 30.9. The van der Waals surface area contributed by atoms with E-state index >= 15 is 0 Å². The van der Waals surface area contributed by atoms with Crippen LogP contribution >= 0.6 is 0 Å². The van der Waals surface area contributed by atoms with E-state index in [1.807, 2.05) is 43.5 Å². The lowest BCUT2D eigenvalue weighted by molar-refractivity contribution is -0.146. The summed E-state index contributed by atoms with van der Waals surface area (Å²) >= 11 is 0. The number of aryl methyl sites for hydroxylation is 4. The second kappa shape index (κ2) is 80.2. The van der Waals surface area contributed by atoms with Crippen molar-refractivity contribution >= 4 is 23.9 Å². The number of hydrogen-bond acceptors (Lipinski definition) is 18. The summed E-state index contributed by atoms with van der Waals surface area (Å²) in [5, 5.41) is 35.3. The van der Waals surface area contributed by atoms with Crippen molar-refractivity contribution in [1.82, 2.24) is 69.8 Å². The normalized spacial score (nSPS) is 11.9. The molecule has 4 heterocycles. The molecule has 0 aliphatic heterocycles. The van der Waals surface area contributed by atoms with Gasteiger partial charge in [-0.25, -0.2) is 0 Å². The second-order valence-corrected chi connectivity index (χ2v) is 37.8. The summed E-state index contributed by atoms with van der Waals surface area (Å²) in [6.45, 7) is 25.4. The molecular formula is C104H192N14O8. The monoisotopic (exact) mass is 1770 g/mol. The highest BCUT2D eigenvalue weighted by atomic mass is 16.5.